The molecule has 0 bridgehead atoms. The van der Waals surface area contributed by atoms with Crippen LogP contribution in [0.2, 0.25) is 0 Å². The highest BCUT2D eigenvalue weighted by molar-refractivity contribution is 5.96. The van der Waals surface area contributed by atoms with Crippen molar-refractivity contribution in [1.82, 2.24) is 4.98 Å². The van der Waals surface area contributed by atoms with Crippen LogP contribution in [0, 0.1) is 12.7 Å². The van der Waals surface area contributed by atoms with Crippen molar-refractivity contribution in [3.63, 3.8) is 0 Å². The monoisotopic (exact) mass is 220 g/mol. The number of aryl methyl sites for hydroxylation is 1. The highest BCUT2D eigenvalue weighted by Crippen LogP contribution is 2.33. The number of aromatic nitrogens is 1. The van der Waals surface area contributed by atoms with Crippen molar-refractivity contribution in [2.24, 2.45) is 0 Å². The van der Waals surface area contributed by atoms with E-state index in [-0.39, 0.29) is 5.82 Å². The molecule has 2 aromatic rings. The van der Waals surface area contributed by atoms with Crippen molar-refractivity contribution in [3.8, 4) is 5.75 Å². The van der Waals surface area contributed by atoms with Gasteiger partial charge in [-0.1, -0.05) is 0 Å². The molecule has 0 saturated carbocycles. The number of rotatable bonds is 2. The van der Waals surface area contributed by atoms with E-state index in [4.69, 9.17) is 4.74 Å². The topological polar surface area (TPSA) is 34.2 Å². The maximum atomic E-state index is 13.7. The van der Waals surface area contributed by atoms with E-state index in [2.05, 4.69) is 10.3 Å². The number of fused-ring (bicyclic) bond motifs is 1. The summed E-state index contributed by atoms with van der Waals surface area (Å²) < 4.78 is 18.9. The Morgan fingerprint density at radius 3 is 2.75 bits per heavy atom. The van der Waals surface area contributed by atoms with E-state index in [9.17, 15) is 4.39 Å². The SMILES string of the molecule is CNc1cc(C)nc2c(F)ccc(OC)c12. The predicted molar refractivity (Wildman–Crippen MR) is 62.5 cm³/mol. The number of benzene rings is 1. The van der Waals surface area contributed by atoms with Crippen molar-refractivity contribution in [2.75, 3.05) is 19.5 Å². The molecule has 1 N–H and O–H groups in total. The maximum absolute atomic E-state index is 13.7. The quantitative estimate of drug-likeness (QED) is 0.845. The predicted octanol–water partition coefficient (Wildman–Crippen LogP) is 2.73. The van der Waals surface area contributed by atoms with Crippen LogP contribution in [0.5, 0.6) is 5.75 Å². The minimum Gasteiger partial charge on any atom is -0.496 e. The van der Waals surface area contributed by atoms with Gasteiger partial charge in [-0.2, -0.15) is 0 Å². The lowest BCUT2D eigenvalue weighted by Crippen LogP contribution is -1.97. The van der Waals surface area contributed by atoms with Gasteiger partial charge in [-0.3, -0.25) is 0 Å². The van der Waals surface area contributed by atoms with Gasteiger partial charge in [0, 0.05) is 18.4 Å². The molecule has 0 aliphatic rings. The highest BCUT2D eigenvalue weighted by Gasteiger charge is 2.12. The van der Waals surface area contributed by atoms with Gasteiger partial charge in [-0.05, 0) is 25.1 Å². The summed E-state index contributed by atoms with van der Waals surface area (Å²) in [5, 5.41) is 3.70. The van der Waals surface area contributed by atoms with Crippen LogP contribution in [0.3, 0.4) is 0 Å². The summed E-state index contributed by atoms with van der Waals surface area (Å²) in [5.41, 5.74) is 1.92. The van der Waals surface area contributed by atoms with Gasteiger partial charge in [-0.25, -0.2) is 9.37 Å². The maximum Gasteiger partial charge on any atom is 0.149 e. The van der Waals surface area contributed by atoms with Gasteiger partial charge >= 0.3 is 0 Å². The van der Waals surface area contributed by atoms with Crippen LogP contribution >= 0.6 is 0 Å². The highest BCUT2D eigenvalue weighted by atomic mass is 19.1. The molecule has 4 heteroatoms. The molecule has 0 atom stereocenters. The van der Waals surface area contributed by atoms with Crippen molar-refractivity contribution in [1.29, 1.82) is 0 Å². The molecule has 1 aromatic heterocycles. The van der Waals surface area contributed by atoms with Gasteiger partial charge < -0.3 is 10.1 Å². The van der Waals surface area contributed by atoms with Crippen molar-refractivity contribution in [3.05, 3.63) is 29.7 Å². The van der Waals surface area contributed by atoms with E-state index in [1.54, 1.807) is 20.2 Å². The van der Waals surface area contributed by atoms with Crippen molar-refractivity contribution < 1.29 is 9.13 Å². The Morgan fingerprint density at radius 1 is 1.38 bits per heavy atom. The van der Waals surface area contributed by atoms with Crippen molar-refractivity contribution in [2.45, 2.75) is 6.92 Å². The van der Waals surface area contributed by atoms with E-state index in [0.717, 1.165) is 11.4 Å². The van der Waals surface area contributed by atoms with Crippen LogP contribution in [-0.2, 0) is 0 Å². The van der Waals surface area contributed by atoms with Crippen LogP contribution in [-0.4, -0.2) is 19.1 Å². The molecule has 16 heavy (non-hydrogen) atoms. The second-order valence-electron chi connectivity index (χ2n) is 3.53. The number of hydrogen-bond donors (Lipinski definition) is 1. The zero-order chi connectivity index (χ0) is 11.7. The Morgan fingerprint density at radius 2 is 2.12 bits per heavy atom. The minimum absolute atomic E-state index is 0.337. The lowest BCUT2D eigenvalue weighted by atomic mass is 10.1. The minimum atomic E-state index is -0.337. The third-order valence-electron chi connectivity index (χ3n) is 2.49. The van der Waals surface area contributed by atoms with E-state index < -0.39 is 0 Å². The molecule has 0 aliphatic heterocycles. The van der Waals surface area contributed by atoms with Crippen LogP contribution in [0.4, 0.5) is 10.1 Å². The molecular formula is C12H13FN2O. The first kappa shape index (κ1) is 10.7. The fourth-order valence-electron chi connectivity index (χ4n) is 1.77. The van der Waals surface area contributed by atoms with E-state index in [1.165, 1.54) is 6.07 Å². The summed E-state index contributed by atoms with van der Waals surface area (Å²) in [6.45, 7) is 1.83. The Bertz CT molecular complexity index is 540. The molecule has 1 aromatic carbocycles. The number of ether oxygens (including phenoxy) is 1. The van der Waals surface area contributed by atoms with Gasteiger partial charge in [0.05, 0.1) is 12.5 Å². The molecule has 2 rings (SSSR count). The zero-order valence-electron chi connectivity index (χ0n) is 9.47. The standard InChI is InChI=1S/C12H13FN2O/c1-7-6-9(14-2)11-10(16-3)5-4-8(13)12(11)15-7/h4-6H,1-3H3,(H,14,15). The Kier molecular flexibility index (Phi) is 2.64. The number of anilines is 1. The smallest absolute Gasteiger partial charge is 0.149 e. The average Bonchev–Trinajstić information content (AvgIpc) is 2.29. The summed E-state index contributed by atoms with van der Waals surface area (Å²) in [7, 11) is 3.35. The summed E-state index contributed by atoms with van der Waals surface area (Å²) in [4.78, 5) is 4.20. The lowest BCUT2D eigenvalue weighted by Gasteiger charge is -2.11. The number of methoxy groups -OCH3 is 1. The lowest BCUT2D eigenvalue weighted by molar-refractivity contribution is 0.419. The van der Waals surface area contributed by atoms with E-state index in [1.807, 2.05) is 13.0 Å². The first-order valence-corrected chi connectivity index (χ1v) is 4.99. The molecule has 0 aliphatic carbocycles. The van der Waals surface area contributed by atoms with Crippen LogP contribution in [0.15, 0.2) is 18.2 Å². The third kappa shape index (κ3) is 1.56. The zero-order valence-corrected chi connectivity index (χ0v) is 9.47. The molecule has 84 valence electrons. The van der Waals surface area contributed by atoms with Crippen LogP contribution < -0.4 is 10.1 Å². The first-order chi connectivity index (χ1) is 7.67. The largest absolute Gasteiger partial charge is 0.496 e. The molecule has 0 radical (unpaired) electrons. The summed E-state index contributed by atoms with van der Waals surface area (Å²) in [5.74, 6) is 0.282. The van der Waals surface area contributed by atoms with Crippen LogP contribution in [0.25, 0.3) is 10.9 Å². The molecule has 0 fully saturated rings. The summed E-state index contributed by atoms with van der Waals surface area (Å²) >= 11 is 0. The first-order valence-electron chi connectivity index (χ1n) is 4.99. The molecular weight excluding hydrogens is 207 g/mol. The summed E-state index contributed by atoms with van der Waals surface area (Å²) in [6.07, 6.45) is 0. The molecule has 0 unspecified atom stereocenters. The molecule has 0 saturated heterocycles. The Labute approximate surface area is 93.3 Å². The van der Waals surface area contributed by atoms with Gasteiger partial charge in [-0.15, -0.1) is 0 Å². The van der Waals surface area contributed by atoms with E-state index >= 15 is 0 Å². The number of pyridine rings is 1. The van der Waals surface area contributed by atoms with Gasteiger partial charge in [0.25, 0.3) is 0 Å². The Hall–Kier alpha value is -1.84. The fourth-order valence-corrected chi connectivity index (χ4v) is 1.77. The number of nitrogens with zero attached hydrogens (tertiary/aromatic N) is 1. The second-order valence-corrected chi connectivity index (χ2v) is 3.53. The van der Waals surface area contributed by atoms with Gasteiger partial charge in [0.2, 0.25) is 0 Å². The average molecular weight is 220 g/mol. The van der Waals surface area contributed by atoms with Crippen molar-refractivity contribution >= 4 is 16.6 Å². The molecule has 0 amide bonds. The summed E-state index contributed by atoms with van der Waals surface area (Å²) in [6, 6.07) is 4.84. The van der Waals surface area contributed by atoms with Crippen LogP contribution in [0.1, 0.15) is 5.69 Å². The molecule has 1 heterocycles. The van der Waals surface area contributed by atoms with E-state index in [0.29, 0.717) is 16.7 Å². The molecule has 0 spiro atoms. The Balaban J connectivity index is 2.91. The molecule has 3 nitrogen and oxygen atoms in total. The number of nitrogens with one attached hydrogen (secondary N) is 1. The number of hydrogen-bond acceptors (Lipinski definition) is 3. The fraction of sp³-hybridized carbons (Fsp3) is 0.250. The normalized spacial score (nSPS) is 10.5. The van der Waals surface area contributed by atoms with Gasteiger partial charge in [0.1, 0.15) is 17.1 Å². The third-order valence-corrected chi connectivity index (χ3v) is 2.49. The second kappa shape index (κ2) is 3.96. The van der Waals surface area contributed by atoms with Gasteiger partial charge in [0.15, 0.2) is 0 Å². The number of halogens is 1.